The molecule has 1 aromatic heterocycles. The summed E-state index contributed by atoms with van der Waals surface area (Å²) in [5.74, 6) is -0.757. The molecule has 1 aliphatic rings. The molecule has 0 radical (unpaired) electrons. The number of anilines is 1. The van der Waals surface area contributed by atoms with Gasteiger partial charge in [-0.3, -0.25) is 9.59 Å². The Balaban J connectivity index is 1.38. The lowest BCUT2D eigenvalue weighted by Gasteiger charge is -2.17. The Bertz CT molecular complexity index is 1100. The Morgan fingerprint density at radius 2 is 1.94 bits per heavy atom. The molecular formula is C21H17F3N4O2S. The highest BCUT2D eigenvalue weighted by molar-refractivity contribution is 7.10. The van der Waals surface area contributed by atoms with Crippen LogP contribution < -0.4 is 5.32 Å². The zero-order chi connectivity index (χ0) is 22.0. The number of carbonyl (C=O) groups is 2. The van der Waals surface area contributed by atoms with Gasteiger partial charge in [-0.15, -0.1) is 0 Å². The second-order valence-electron chi connectivity index (χ2n) is 7.15. The quantitative estimate of drug-likeness (QED) is 0.637. The van der Waals surface area contributed by atoms with E-state index in [4.69, 9.17) is 0 Å². The van der Waals surface area contributed by atoms with E-state index >= 15 is 0 Å². The van der Waals surface area contributed by atoms with E-state index in [1.54, 1.807) is 0 Å². The number of alkyl halides is 3. The Morgan fingerprint density at radius 3 is 2.68 bits per heavy atom. The van der Waals surface area contributed by atoms with Crippen LogP contribution in [0.5, 0.6) is 0 Å². The maximum atomic E-state index is 12.9. The van der Waals surface area contributed by atoms with Crippen LogP contribution in [0.15, 0.2) is 54.6 Å². The van der Waals surface area contributed by atoms with E-state index in [1.165, 1.54) is 17.0 Å². The molecule has 0 saturated carbocycles. The Kier molecular flexibility index (Phi) is 5.73. The molecule has 2 amide bonds. The fourth-order valence-electron chi connectivity index (χ4n) is 3.35. The summed E-state index contributed by atoms with van der Waals surface area (Å²) >= 11 is 1.04. The first-order chi connectivity index (χ1) is 14.8. The van der Waals surface area contributed by atoms with Gasteiger partial charge in [-0.05, 0) is 17.7 Å². The van der Waals surface area contributed by atoms with E-state index in [9.17, 15) is 22.8 Å². The molecule has 1 fully saturated rings. The van der Waals surface area contributed by atoms with Gasteiger partial charge in [-0.25, -0.2) is 0 Å². The monoisotopic (exact) mass is 446 g/mol. The zero-order valence-electron chi connectivity index (χ0n) is 16.1. The third kappa shape index (κ3) is 4.91. The van der Waals surface area contributed by atoms with Crippen molar-refractivity contribution in [1.82, 2.24) is 14.3 Å². The molecule has 10 heteroatoms. The van der Waals surface area contributed by atoms with Crippen molar-refractivity contribution in [2.45, 2.75) is 19.1 Å². The van der Waals surface area contributed by atoms with Gasteiger partial charge in [0.1, 0.15) is 0 Å². The molecule has 1 N–H and O–H groups in total. The van der Waals surface area contributed by atoms with Crippen molar-refractivity contribution in [3.8, 4) is 11.4 Å². The fraction of sp³-hybridized carbons (Fsp3) is 0.238. The summed E-state index contributed by atoms with van der Waals surface area (Å²) in [6.45, 7) is 0.148. The first kappa shape index (κ1) is 21.0. The van der Waals surface area contributed by atoms with Gasteiger partial charge in [0, 0.05) is 36.6 Å². The first-order valence-corrected chi connectivity index (χ1v) is 10.2. The number of likely N-dealkylation sites (tertiary alicyclic amines) is 1. The minimum atomic E-state index is -4.45. The number of benzene rings is 2. The molecule has 0 bridgehead atoms. The number of carbonyl (C=O) groups excluding carboxylic acids is 2. The van der Waals surface area contributed by atoms with Crippen LogP contribution >= 0.6 is 11.5 Å². The second-order valence-corrected chi connectivity index (χ2v) is 7.90. The SMILES string of the molecule is O=C(Nc1nc(-c2ccccc2)ns1)C1CC(=O)N(Cc2cccc(C(F)(F)F)c2)C1. The summed E-state index contributed by atoms with van der Waals surface area (Å²) in [6, 6.07) is 14.1. The normalized spacial score (nSPS) is 16.5. The van der Waals surface area contributed by atoms with Gasteiger partial charge in [0.25, 0.3) is 0 Å². The average molecular weight is 446 g/mol. The van der Waals surface area contributed by atoms with Crippen LogP contribution in [0.25, 0.3) is 11.4 Å². The summed E-state index contributed by atoms with van der Waals surface area (Å²) in [5, 5.41) is 3.01. The van der Waals surface area contributed by atoms with Crippen molar-refractivity contribution in [3.63, 3.8) is 0 Å². The molecule has 1 unspecified atom stereocenters. The lowest BCUT2D eigenvalue weighted by Crippen LogP contribution is -2.28. The molecule has 0 spiro atoms. The summed E-state index contributed by atoms with van der Waals surface area (Å²) in [7, 11) is 0. The minimum absolute atomic E-state index is 0.00482. The number of aromatic nitrogens is 2. The molecule has 1 aliphatic heterocycles. The standard InChI is InChI=1S/C21H17F3N4O2S/c22-21(23,24)16-8-4-5-13(9-16)11-28-12-15(10-17(28)29)19(30)26-20-25-18(27-31-20)14-6-2-1-3-7-14/h1-9,15H,10-12H2,(H,25,26,27,30). The third-order valence-corrected chi connectivity index (χ3v) is 5.53. The Morgan fingerprint density at radius 1 is 1.16 bits per heavy atom. The zero-order valence-corrected chi connectivity index (χ0v) is 16.9. The smallest absolute Gasteiger partial charge is 0.338 e. The van der Waals surface area contributed by atoms with Gasteiger partial charge in [0.15, 0.2) is 5.82 Å². The Hall–Kier alpha value is -3.27. The minimum Gasteiger partial charge on any atom is -0.338 e. The largest absolute Gasteiger partial charge is 0.416 e. The van der Waals surface area contributed by atoms with E-state index in [-0.39, 0.29) is 31.3 Å². The van der Waals surface area contributed by atoms with Crippen molar-refractivity contribution in [2.75, 3.05) is 11.9 Å². The third-order valence-electron chi connectivity index (χ3n) is 4.90. The molecule has 1 atom stereocenters. The number of hydrogen-bond acceptors (Lipinski definition) is 5. The van der Waals surface area contributed by atoms with Crippen LogP contribution in [-0.2, 0) is 22.3 Å². The highest BCUT2D eigenvalue weighted by Crippen LogP contribution is 2.30. The van der Waals surface area contributed by atoms with Gasteiger partial charge >= 0.3 is 6.18 Å². The van der Waals surface area contributed by atoms with Crippen LogP contribution in [0.3, 0.4) is 0 Å². The van der Waals surface area contributed by atoms with Crippen molar-refractivity contribution < 1.29 is 22.8 Å². The predicted octanol–water partition coefficient (Wildman–Crippen LogP) is 4.21. The van der Waals surface area contributed by atoms with E-state index in [1.807, 2.05) is 30.3 Å². The van der Waals surface area contributed by atoms with Crippen molar-refractivity contribution in [2.24, 2.45) is 5.92 Å². The van der Waals surface area contributed by atoms with E-state index in [0.29, 0.717) is 16.5 Å². The second kappa shape index (κ2) is 8.46. The molecule has 4 rings (SSSR count). The lowest BCUT2D eigenvalue weighted by atomic mass is 10.1. The van der Waals surface area contributed by atoms with Crippen molar-refractivity contribution >= 4 is 28.5 Å². The molecule has 2 heterocycles. The van der Waals surface area contributed by atoms with Gasteiger partial charge in [0.2, 0.25) is 16.9 Å². The fourth-order valence-corrected chi connectivity index (χ4v) is 3.95. The number of halogens is 3. The van der Waals surface area contributed by atoms with Gasteiger partial charge in [-0.2, -0.15) is 22.5 Å². The summed E-state index contributed by atoms with van der Waals surface area (Å²) in [6.07, 6.45) is -4.46. The molecular weight excluding hydrogens is 429 g/mol. The molecule has 2 aromatic carbocycles. The highest BCUT2D eigenvalue weighted by Gasteiger charge is 2.35. The first-order valence-electron chi connectivity index (χ1n) is 9.43. The molecule has 3 aromatic rings. The van der Waals surface area contributed by atoms with Gasteiger partial charge in [0.05, 0.1) is 11.5 Å². The van der Waals surface area contributed by atoms with Crippen LogP contribution in [0.1, 0.15) is 17.5 Å². The number of nitrogens with one attached hydrogen (secondary N) is 1. The van der Waals surface area contributed by atoms with Crippen LogP contribution in [0.2, 0.25) is 0 Å². The Labute approximate surface area is 179 Å². The predicted molar refractivity (Wildman–Crippen MR) is 109 cm³/mol. The molecule has 31 heavy (non-hydrogen) atoms. The number of amides is 2. The molecule has 1 saturated heterocycles. The number of nitrogens with zero attached hydrogens (tertiary/aromatic N) is 3. The molecule has 0 aliphatic carbocycles. The maximum Gasteiger partial charge on any atom is 0.416 e. The van der Waals surface area contributed by atoms with Crippen molar-refractivity contribution in [3.05, 3.63) is 65.7 Å². The summed E-state index contributed by atoms with van der Waals surface area (Å²) < 4.78 is 42.9. The van der Waals surface area contributed by atoms with E-state index in [0.717, 1.165) is 29.2 Å². The topological polar surface area (TPSA) is 75.2 Å². The van der Waals surface area contributed by atoms with Gasteiger partial charge in [-0.1, -0.05) is 42.5 Å². The molecule has 6 nitrogen and oxygen atoms in total. The average Bonchev–Trinajstić information content (AvgIpc) is 3.35. The summed E-state index contributed by atoms with van der Waals surface area (Å²) in [4.78, 5) is 30.6. The lowest BCUT2D eigenvalue weighted by molar-refractivity contribution is -0.137. The number of hydrogen-bond donors (Lipinski definition) is 1. The summed E-state index contributed by atoms with van der Waals surface area (Å²) in [5.41, 5.74) is 0.417. The molecule has 160 valence electrons. The van der Waals surface area contributed by atoms with E-state index in [2.05, 4.69) is 14.7 Å². The van der Waals surface area contributed by atoms with Crippen LogP contribution in [0.4, 0.5) is 18.3 Å². The number of rotatable bonds is 5. The maximum absolute atomic E-state index is 12.9. The van der Waals surface area contributed by atoms with Crippen LogP contribution in [-0.4, -0.2) is 32.6 Å². The highest BCUT2D eigenvalue weighted by atomic mass is 32.1. The van der Waals surface area contributed by atoms with Crippen molar-refractivity contribution in [1.29, 1.82) is 0 Å². The van der Waals surface area contributed by atoms with E-state index < -0.39 is 17.7 Å². The van der Waals surface area contributed by atoms with Gasteiger partial charge < -0.3 is 10.2 Å². The van der Waals surface area contributed by atoms with Crippen LogP contribution in [0, 0.1) is 5.92 Å².